The van der Waals surface area contributed by atoms with Gasteiger partial charge in [-0.2, -0.15) is 18.2 Å². The number of anilines is 1. The molecule has 2 N–H and O–H groups in total. The number of pyridine rings is 1. The second-order valence-electron chi connectivity index (χ2n) is 4.96. The molecule has 0 aliphatic carbocycles. The summed E-state index contributed by atoms with van der Waals surface area (Å²) in [7, 11) is 0. The van der Waals surface area contributed by atoms with Crippen molar-refractivity contribution in [1.82, 2.24) is 14.6 Å². The molecule has 0 bridgehead atoms. The van der Waals surface area contributed by atoms with Crippen molar-refractivity contribution < 1.29 is 23.1 Å². The van der Waals surface area contributed by atoms with E-state index in [4.69, 9.17) is 5.11 Å². The van der Waals surface area contributed by atoms with E-state index < -0.39 is 17.6 Å². The molecule has 0 aliphatic heterocycles. The SMILES string of the molecule is O=C(Nc1nc2ccc(CO)cn2n1)c1ccc(C(F)(F)F)cc1. The predicted molar refractivity (Wildman–Crippen MR) is 78.3 cm³/mol. The van der Waals surface area contributed by atoms with E-state index in [0.717, 1.165) is 24.3 Å². The number of nitrogens with zero attached hydrogens (tertiary/aromatic N) is 3. The van der Waals surface area contributed by atoms with Crippen LogP contribution in [0.4, 0.5) is 19.1 Å². The minimum absolute atomic E-state index is 0.00925. The molecule has 0 spiro atoms. The highest BCUT2D eigenvalue weighted by atomic mass is 19.4. The van der Waals surface area contributed by atoms with Gasteiger partial charge in [0.1, 0.15) is 0 Å². The molecule has 3 rings (SSSR count). The first-order valence-corrected chi connectivity index (χ1v) is 6.81. The van der Waals surface area contributed by atoms with Gasteiger partial charge < -0.3 is 5.11 Å². The number of halogens is 3. The number of rotatable bonds is 3. The predicted octanol–water partition coefficient (Wildman–Crippen LogP) is 2.49. The van der Waals surface area contributed by atoms with Crippen LogP contribution in [0.15, 0.2) is 42.6 Å². The van der Waals surface area contributed by atoms with Gasteiger partial charge >= 0.3 is 6.18 Å². The third-order valence-corrected chi connectivity index (χ3v) is 3.27. The monoisotopic (exact) mass is 336 g/mol. The summed E-state index contributed by atoms with van der Waals surface area (Å²) in [5, 5.41) is 15.5. The summed E-state index contributed by atoms with van der Waals surface area (Å²) < 4.78 is 38.9. The van der Waals surface area contributed by atoms with Crippen LogP contribution in [0.1, 0.15) is 21.5 Å². The Labute approximate surface area is 133 Å². The largest absolute Gasteiger partial charge is 0.416 e. The molecular formula is C15H11F3N4O2. The molecule has 0 unspecified atom stereocenters. The molecule has 9 heteroatoms. The van der Waals surface area contributed by atoms with Gasteiger partial charge in [-0.25, -0.2) is 4.52 Å². The summed E-state index contributed by atoms with van der Waals surface area (Å²) >= 11 is 0. The Bertz CT molecular complexity index is 888. The van der Waals surface area contributed by atoms with Gasteiger partial charge in [0.15, 0.2) is 5.65 Å². The minimum Gasteiger partial charge on any atom is -0.392 e. The second kappa shape index (κ2) is 5.93. The molecule has 0 fully saturated rings. The molecule has 0 radical (unpaired) electrons. The first-order valence-electron chi connectivity index (χ1n) is 6.81. The van der Waals surface area contributed by atoms with Crippen LogP contribution in [0.5, 0.6) is 0 Å². The van der Waals surface area contributed by atoms with Crippen molar-refractivity contribution in [2.45, 2.75) is 12.8 Å². The van der Waals surface area contributed by atoms with E-state index >= 15 is 0 Å². The zero-order valence-corrected chi connectivity index (χ0v) is 12.1. The molecule has 2 heterocycles. The number of aliphatic hydroxyl groups excluding tert-OH is 1. The van der Waals surface area contributed by atoms with Gasteiger partial charge in [-0.15, -0.1) is 5.10 Å². The Morgan fingerprint density at radius 1 is 1.17 bits per heavy atom. The molecule has 1 amide bonds. The topological polar surface area (TPSA) is 79.5 Å². The zero-order chi connectivity index (χ0) is 17.3. The normalized spacial score (nSPS) is 11.7. The number of hydrogen-bond acceptors (Lipinski definition) is 4. The number of carbonyl (C=O) groups excluding carboxylic acids is 1. The lowest BCUT2D eigenvalue weighted by Gasteiger charge is -2.07. The fourth-order valence-corrected chi connectivity index (χ4v) is 2.06. The van der Waals surface area contributed by atoms with E-state index in [1.807, 2.05) is 0 Å². The fraction of sp³-hybridized carbons (Fsp3) is 0.133. The van der Waals surface area contributed by atoms with Crippen LogP contribution in [0.25, 0.3) is 5.65 Å². The lowest BCUT2D eigenvalue weighted by molar-refractivity contribution is -0.137. The highest BCUT2D eigenvalue weighted by molar-refractivity contribution is 6.03. The molecule has 0 saturated carbocycles. The summed E-state index contributed by atoms with van der Waals surface area (Å²) in [5.41, 5.74) is 0.294. The van der Waals surface area contributed by atoms with Gasteiger partial charge in [-0.3, -0.25) is 10.1 Å². The number of aliphatic hydroxyl groups is 1. The van der Waals surface area contributed by atoms with E-state index in [1.165, 1.54) is 4.52 Å². The number of carbonyl (C=O) groups is 1. The molecular weight excluding hydrogens is 325 g/mol. The average Bonchev–Trinajstić information content (AvgIpc) is 2.95. The Kier molecular flexibility index (Phi) is 3.94. The highest BCUT2D eigenvalue weighted by Gasteiger charge is 2.30. The molecule has 1 aromatic carbocycles. The molecule has 3 aromatic rings. The number of alkyl halides is 3. The van der Waals surface area contributed by atoms with Crippen LogP contribution < -0.4 is 5.32 Å². The second-order valence-corrected chi connectivity index (χ2v) is 4.96. The zero-order valence-electron chi connectivity index (χ0n) is 12.1. The molecule has 0 aliphatic rings. The Balaban J connectivity index is 1.79. The van der Waals surface area contributed by atoms with Crippen molar-refractivity contribution in [2.75, 3.05) is 5.32 Å². The van der Waals surface area contributed by atoms with Crippen molar-refractivity contribution in [3.63, 3.8) is 0 Å². The lowest BCUT2D eigenvalue weighted by Crippen LogP contribution is -2.14. The first kappa shape index (κ1) is 15.9. The van der Waals surface area contributed by atoms with Gasteiger partial charge in [0.2, 0.25) is 5.95 Å². The third-order valence-electron chi connectivity index (χ3n) is 3.27. The maximum atomic E-state index is 12.5. The Hall–Kier alpha value is -2.94. The molecule has 124 valence electrons. The standard InChI is InChI=1S/C15H11F3N4O2/c16-15(17,18)11-4-2-10(3-5-11)13(24)20-14-19-12-6-1-9(8-23)7-22(12)21-14/h1-7,23H,8H2,(H,20,21,24). The van der Waals surface area contributed by atoms with Crippen LogP contribution in [0.2, 0.25) is 0 Å². The summed E-state index contributed by atoms with van der Waals surface area (Å²) in [6.45, 7) is -0.164. The summed E-state index contributed by atoms with van der Waals surface area (Å²) in [5.74, 6) is -0.614. The number of aromatic nitrogens is 3. The Morgan fingerprint density at radius 3 is 2.50 bits per heavy atom. The summed E-state index contributed by atoms with van der Waals surface area (Å²) in [6.07, 6.45) is -2.90. The van der Waals surface area contributed by atoms with Crippen LogP contribution in [0, 0.1) is 0 Å². The highest BCUT2D eigenvalue weighted by Crippen LogP contribution is 2.29. The lowest BCUT2D eigenvalue weighted by atomic mass is 10.1. The van der Waals surface area contributed by atoms with E-state index in [-0.39, 0.29) is 18.1 Å². The fourth-order valence-electron chi connectivity index (χ4n) is 2.06. The molecule has 6 nitrogen and oxygen atoms in total. The van der Waals surface area contributed by atoms with Crippen LogP contribution in [-0.4, -0.2) is 25.6 Å². The van der Waals surface area contributed by atoms with Gasteiger partial charge in [-0.05, 0) is 35.9 Å². The van der Waals surface area contributed by atoms with Gasteiger partial charge in [-0.1, -0.05) is 6.07 Å². The van der Waals surface area contributed by atoms with Crippen molar-refractivity contribution in [3.05, 3.63) is 59.3 Å². The quantitative estimate of drug-likeness (QED) is 0.770. The van der Waals surface area contributed by atoms with Crippen molar-refractivity contribution in [2.24, 2.45) is 0 Å². The average molecular weight is 336 g/mol. The van der Waals surface area contributed by atoms with E-state index in [0.29, 0.717) is 11.2 Å². The molecule has 0 saturated heterocycles. The smallest absolute Gasteiger partial charge is 0.392 e. The maximum absolute atomic E-state index is 12.5. The summed E-state index contributed by atoms with van der Waals surface area (Å²) in [4.78, 5) is 16.1. The van der Waals surface area contributed by atoms with E-state index in [9.17, 15) is 18.0 Å². The molecule has 24 heavy (non-hydrogen) atoms. The van der Waals surface area contributed by atoms with Crippen molar-refractivity contribution >= 4 is 17.5 Å². The van der Waals surface area contributed by atoms with E-state index in [1.54, 1.807) is 18.3 Å². The summed E-state index contributed by atoms with van der Waals surface area (Å²) in [6, 6.07) is 7.10. The van der Waals surface area contributed by atoms with Crippen molar-refractivity contribution in [1.29, 1.82) is 0 Å². The number of nitrogens with one attached hydrogen (secondary N) is 1. The van der Waals surface area contributed by atoms with Gasteiger partial charge in [0.05, 0.1) is 12.2 Å². The van der Waals surface area contributed by atoms with Crippen molar-refractivity contribution in [3.8, 4) is 0 Å². The number of benzene rings is 1. The Morgan fingerprint density at radius 2 is 1.88 bits per heavy atom. The molecule has 0 atom stereocenters. The third kappa shape index (κ3) is 3.20. The molecule has 2 aromatic heterocycles. The van der Waals surface area contributed by atoms with Gasteiger partial charge in [0, 0.05) is 11.8 Å². The number of hydrogen-bond donors (Lipinski definition) is 2. The first-order chi connectivity index (χ1) is 11.4. The van der Waals surface area contributed by atoms with Crippen LogP contribution in [0.3, 0.4) is 0 Å². The van der Waals surface area contributed by atoms with Gasteiger partial charge in [0.25, 0.3) is 5.91 Å². The van der Waals surface area contributed by atoms with Crippen LogP contribution >= 0.6 is 0 Å². The van der Waals surface area contributed by atoms with E-state index in [2.05, 4.69) is 15.4 Å². The number of amides is 1. The minimum atomic E-state index is -4.46. The number of fused-ring (bicyclic) bond motifs is 1. The maximum Gasteiger partial charge on any atom is 0.416 e. The van der Waals surface area contributed by atoms with Crippen LogP contribution in [-0.2, 0) is 12.8 Å².